The summed E-state index contributed by atoms with van der Waals surface area (Å²) in [6.07, 6.45) is -0.647. The number of fused-ring (bicyclic) bond motifs is 1. The highest BCUT2D eigenvalue weighted by Gasteiger charge is 2.11. The smallest absolute Gasteiger partial charge is 0.124 e. The monoisotopic (exact) mass is 272 g/mol. The lowest BCUT2D eigenvalue weighted by Gasteiger charge is -2.00. The van der Waals surface area contributed by atoms with Crippen molar-refractivity contribution in [3.05, 3.63) is 27.7 Å². The van der Waals surface area contributed by atoms with Gasteiger partial charge in [-0.3, -0.25) is 0 Å². The van der Waals surface area contributed by atoms with Crippen LogP contribution in [-0.4, -0.2) is 16.6 Å². The van der Waals surface area contributed by atoms with E-state index in [4.69, 9.17) is 5.73 Å². The van der Waals surface area contributed by atoms with Gasteiger partial charge in [0.05, 0.1) is 10.2 Å². The van der Waals surface area contributed by atoms with Crippen LogP contribution in [0.3, 0.4) is 0 Å². The lowest BCUT2D eigenvalue weighted by molar-refractivity contribution is 0.186. The van der Waals surface area contributed by atoms with Gasteiger partial charge in [0.2, 0.25) is 0 Å². The molecule has 5 heteroatoms. The number of aliphatic hydroxyl groups is 1. The minimum Gasteiger partial charge on any atom is -0.385 e. The summed E-state index contributed by atoms with van der Waals surface area (Å²) in [7, 11) is 0. The molecule has 3 N–H and O–H groups in total. The van der Waals surface area contributed by atoms with Crippen LogP contribution in [0.25, 0.3) is 10.2 Å². The van der Waals surface area contributed by atoms with Crippen molar-refractivity contribution in [1.29, 1.82) is 0 Å². The first-order valence-electron chi connectivity index (χ1n) is 4.15. The average molecular weight is 273 g/mol. The Labute approximate surface area is 93.7 Å². The van der Waals surface area contributed by atoms with Crippen LogP contribution in [0.4, 0.5) is 0 Å². The Bertz CT molecular complexity index is 457. The molecule has 1 unspecified atom stereocenters. The van der Waals surface area contributed by atoms with Crippen LogP contribution in [0.2, 0.25) is 0 Å². The quantitative estimate of drug-likeness (QED) is 0.880. The Kier molecular flexibility index (Phi) is 2.83. The molecule has 0 aliphatic carbocycles. The molecular weight excluding hydrogens is 264 g/mol. The summed E-state index contributed by atoms with van der Waals surface area (Å²) >= 11 is 4.85. The number of hydrogen-bond acceptors (Lipinski definition) is 4. The van der Waals surface area contributed by atoms with E-state index < -0.39 is 6.10 Å². The zero-order valence-corrected chi connectivity index (χ0v) is 9.68. The van der Waals surface area contributed by atoms with Crippen molar-refractivity contribution in [2.75, 3.05) is 6.54 Å². The fourth-order valence-electron chi connectivity index (χ4n) is 1.16. The van der Waals surface area contributed by atoms with Gasteiger partial charge in [0.15, 0.2) is 0 Å². The van der Waals surface area contributed by atoms with Gasteiger partial charge in [-0.2, -0.15) is 0 Å². The maximum atomic E-state index is 9.51. The fourth-order valence-corrected chi connectivity index (χ4v) is 2.46. The lowest BCUT2D eigenvalue weighted by atomic mass is 10.3. The van der Waals surface area contributed by atoms with E-state index >= 15 is 0 Å². The normalized spacial score (nSPS) is 13.4. The van der Waals surface area contributed by atoms with Gasteiger partial charge in [0.25, 0.3) is 0 Å². The van der Waals surface area contributed by atoms with Crippen LogP contribution in [0.15, 0.2) is 22.7 Å². The average Bonchev–Trinajstić information content (AvgIpc) is 2.59. The molecule has 0 saturated heterocycles. The molecule has 2 aromatic rings. The Morgan fingerprint density at radius 3 is 3.07 bits per heavy atom. The van der Waals surface area contributed by atoms with Gasteiger partial charge >= 0.3 is 0 Å². The molecule has 1 aromatic heterocycles. The minimum absolute atomic E-state index is 0.209. The third kappa shape index (κ3) is 1.81. The van der Waals surface area contributed by atoms with Gasteiger partial charge in [0, 0.05) is 11.0 Å². The summed E-state index contributed by atoms with van der Waals surface area (Å²) in [5, 5.41) is 10.2. The molecule has 1 atom stereocenters. The molecule has 0 radical (unpaired) electrons. The maximum absolute atomic E-state index is 9.51. The second kappa shape index (κ2) is 3.94. The van der Waals surface area contributed by atoms with Crippen LogP contribution < -0.4 is 5.73 Å². The standard InChI is InChI=1S/C9H9BrN2OS/c10-5-1-2-8-6(3-5)12-9(14-8)7(13)4-11/h1-3,7,13H,4,11H2. The van der Waals surface area contributed by atoms with E-state index in [1.54, 1.807) is 0 Å². The van der Waals surface area contributed by atoms with Crippen molar-refractivity contribution >= 4 is 37.5 Å². The van der Waals surface area contributed by atoms with E-state index in [1.165, 1.54) is 11.3 Å². The number of nitrogens with zero attached hydrogens (tertiary/aromatic N) is 1. The second-order valence-electron chi connectivity index (χ2n) is 2.92. The maximum Gasteiger partial charge on any atom is 0.124 e. The van der Waals surface area contributed by atoms with Gasteiger partial charge in [-0.25, -0.2) is 4.98 Å². The molecule has 1 aromatic carbocycles. The number of rotatable bonds is 2. The summed E-state index contributed by atoms with van der Waals surface area (Å²) in [6.45, 7) is 0.209. The van der Waals surface area contributed by atoms with Crippen molar-refractivity contribution < 1.29 is 5.11 Å². The van der Waals surface area contributed by atoms with E-state index in [0.717, 1.165) is 14.7 Å². The molecule has 0 spiro atoms. The Hall–Kier alpha value is -0.490. The second-order valence-corrected chi connectivity index (χ2v) is 4.89. The first-order chi connectivity index (χ1) is 6.70. The van der Waals surface area contributed by atoms with Crippen molar-refractivity contribution in [3.8, 4) is 0 Å². The molecule has 0 fully saturated rings. The first kappa shape index (κ1) is 10.0. The third-order valence-electron chi connectivity index (χ3n) is 1.87. The molecule has 0 bridgehead atoms. The third-order valence-corrected chi connectivity index (χ3v) is 3.51. The Balaban J connectivity index is 2.51. The van der Waals surface area contributed by atoms with E-state index in [2.05, 4.69) is 20.9 Å². The van der Waals surface area contributed by atoms with Crippen molar-refractivity contribution in [3.63, 3.8) is 0 Å². The van der Waals surface area contributed by atoms with Crippen molar-refractivity contribution in [2.45, 2.75) is 6.10 Å². The van der Waals surface area contributed by atoms with E-state index in [-0.39, 0.29) is 6.54 Å². The van der Waals surface area contributed by atoms with Crippen molar-refractivity contribution in [1.82, 2.24) is 4.98 Å². The summed E-state index contributed by atoms with van der Waals surface area (Å²) in [6, 6.07) is 5.86. The Morgan fingerprint density at radius 1 is 1.57 bits per heavy atom. The van der Waals surface area contributed by atoms with Crippen LogP contribution in [0.1, 0.15) is 11.1 Å². The number of thiazole rings is 1. The number of aromatic nitrogens is 1. The predicted molar refractivity (Wildman–Crippen MR) is 61.3 cm³/mol. The minimum atomic E-state index is -0.647. The Morgan fingerprint density at radius 2 is 2.36 bits per heavy atom. The molecule has 0 amide bonds. The van der Waals surface area contributed by atoms with Crippen molar-refractivity contribution in [2.24, 2.45) is 5.73 Å². The van der Waals surface area contributed by atoms with E-state index in [0.29, 0.717) is 5.01 Å². The van der Waals surface area contributed by atoms with E-state index in [9.17, 15) is 5.11 Å². The number of halogens is 1. The topological polar surface area (TPSA) is 59.1 Å². The van der Waals surface area contributed by atoms with Gasteiger partial charge in [-0.15, -0.1) is 11.3 Å². The molecule has 3 nitrogen and oxygen atoms in total. The molecule has 74 valence electrons. The molecule has 0 saturated carbocycles. The van der Waals surface area contributed by atoms with Gasteiger partial charge in [0.1, 0.15) is 11.1 Å². The number of benzene rings is 1. The number of nitrogens with two attached hydrogens (primary N) is 1. The predicted octanol–water partition coefficient (Wildman–Crippen LogP) is 2.05. The van der Waals surface area contributed by atoms with Crippen LogP contribution in [-0.2, 0) is 0 Å². The largest absolute Gasteiger partial charge is 0.385 e. The van der Waals surface area contributed by atoms with Gasteiger partial charge in [-0.1, -0.05) is 15.9 Å². The summed E-state index contributed by atoms with van der Waals surface area (Å²) in [4.78, 5) is 4.30. The molecule has 0 aliphatic rings. The summed E-state index contributed by atoms with van der Waals surface area (Å²) in [5.74, 6) is 0. The SMILES string of the molecule is NCC(O)c1nc2cc(Br)ccc2s1. The highest BCUT2D eigenvalue weighted by Crippen LogP contribution is 2.28. The molecule has 2 rings (SSSR count). The molecule has 0 aliphatic heterocycles. The van der Waals surface area contributed by atoms with Crippen LogP contribution in [0, 0.1) is 0 Å². The number of hydrogen-bond donors (Lipinski definition) is 2. The molecule has 14 heavy (non-hydrogen) atoms. The zero-order chi connectivity index (χ0) is 10.1. The zero-order valence-electron chi connectivity index (χ0n) is 7.27. The van der Waals surface area contributed by atoms with Crippen LogP contribution >= 0.6 is 27.3 Å². The van der Waals surface area contributed by atoms with E-state index in [1.807, 2.05) is 18.2 Å². The van der Waals surface area contributed by atoms with Gasteiger partial charge < -0.3 is 10.8 Å². The fraction of sp³-hybridized carbons (Fsp3) is 0.222. The summed E-state index contributed by atoms with van der Waals surface area (Å²) < 4.78 is 2.06. The molecule has 1 heterocycles. The number of aliphatic hydroxyl groups excluding tert-OH is 1. The van der Waals surface area contributed by atoms with Gasteiger partial charge in [-0.05, 0) is 18.2 Å². The van der Waals surface area contributed by atoms with Crippen LogP contribution in [0.5, 0.6) is 0 Å². The first-order valence-corrected chi connectivity index (χ1v) is 5.76. The molecular formula is C9H9BrN2OS. The summed E-state index contributed by atoms with van der Waals surface area (Å²) in [5.41, 5.74) is 6.26. The lowest BCUT2D eigenvalue weighted by Crippen LogP contribution is -2.10. The highest BCUT2D eigenvalue weighted by molar-refractivity contribution is 9.10. The highest BCUT2D eigenvalue weighted by atomic mass is 79.9.